The third-order valence-corrected chi connectivity index (χ3v) is 10.1. The highest BCUT2D eigenvalue weighted by atomic mass is 35.5. The van der Waals surface area contributed by atoms with E-state index in [1.165, 1.54) is 17.4 Å². The molecule has 0 bridgehead atoms. The number of ether oxygens (including phenoxy) is 1. The van der Waals surface area contributed by atoms with Crippen LogP contribution in [0.2, 0.25) is 10.0 Å². The van der Waals surface area contributed by atoms with Gasteiger partial charge in [0.05, 0.1) is 33.0 Å². The van der Waals surface area contributed by atoms with Crippen LogP contribution in [0, 0.1) is 17.7 Å². The first kappa shape index (κ1) is 26.2. The standard InChI is InChI=1S/C29H26Cl2FN3O4S/c30-20-2-1-3-21(31)24(20)25-19(27(39-34-25)14-4-5-14)13-38-18-7-6-15-11-35(12-17(15)8-18)29-33-26-22(32)9-16(28(36)37)10-23(26)40-29/h1-3,9-10,14-15,17-18H,4-8,11-13H2,(H,36,37)/t15-,17+,18+/m0/s1. The van der Waals surface area contributed by atoms with E-state index in [9.17, 15) is 14.3 Å². The average Bonchev–Trinajstić information content (AvgIpc) is 3.33. The summed E-state index contributed by atoms with van der Waals surface area (Å²) in [5.74, 6) is 0.450. The molecule has 208 valence electrons. The van der Waals surface area contributed by atoms with Crippen molar-refractivity contribution < 1.29 is 23.6 Å². The van der Waals surface area contributed by atoms with E-state index in [0.29, 0.717) is 50.4 Å². The van der Waals surface area contributed by atoms with Gasteiger partial charge in [-0.2, -0.15) is 0 Å². The minimum absolute atomic E-state index is 0.0621. The van der Waals surface area contributed by atoms with E-state index in [-0.39, 0.29) is 17.2 Å². The maximum absolute atomic E-state index is 14.5. The second-order valence-electron chi connectivity index (χ2n) is 11.0. The molecule has 7 rings (SSSR count). The molecule has 11 heteroatoms. The maximum Gasteiger partial charge on any atom is 0.335 e. The molecule has 0 spiro atoms. The lowest BCUT2D eigenvalue weighted by molar-refractivity contribution is -0.00495. The Labute approximate surface area is 243 Å². The third kappa shape index (κ3) is 4.76. The molecule has 3 aliphatic rings. The predicted molar refractivity (Wildman–Crippen MR) is 152 cm³/mol. The first-order chi connectivity index (χ1) is 19.4. The van der Waals surface area contributed by atoms with E-state index < -0.39 is 11.8 Å². The molecule has 1 saturated heterocycles. The summed E-state index contributed by atoms with van der Waals surface area (Å²) in [4.78, 5) is 18.1. The molecular weight excluding hydrogens is 576 g/mol. The average molecular weight is 603 g/mol. The number of carboxylic acids is 1. The summed E-state index contributed by atoms with van der Waals surface area (Å²) in [6.45, 7) is 2.07. The number of halogens is 3. The van der Waals surface area contributed by atoms with Crippen molar-refractivity contribution in [2.45, 2.75) is 50.7 Å². The number of hydrogen-bond acceptors (Lipinski definition) is 7. The van der Waals surface area contributed by atoms with Crippen molar-refractivity contribution in [1.29, 1.82) is 0 Å². The highest BCUT2D eigenvalue weighted by Crippen LogP contribution is 2.47. The van der Waals surface area contributed by atoms with E-state index >= 15 is 0 Å². The molecular formula is C29H26Cl2FN3O4S. The Balaban J connectivity index is 1.06. The van der Waals surface area contributed by atoms with Gasteiger partial charge in [0.1, 0.15) is 17.0 Å². The number of fused-ring (bicyclic) bond motifs is 2. The zero-order chi connectivity index (χ0) is 27.5. The molecule has 0 unspecified atom stereocenters. The molecule has 1 N–H and O–H groups in total. The van der Waals surface area contributed by atoms with Gasteiger partial charge in [0.15, 0.2) is 10.9 Å². The van der Waals surface area contributed by atoms with E-state index in [1.54, 1.807) is 12.1 Å². The number of nitrogens with zero attached hydrogens (tertiary/aromatic N) is 3. The Morgan fingerprint density at radius 2 is 1.93 bits per heavy atom. The minimum Gasteiger partial charge on any atom is -0.478 e. The zero-order valence-electron chi connectivity index (χ0n) is 21.4. The summed E-state index contributed by atoms with van der Waals surface area (Å²) < 4.78 is 27.4. The Bertz CT molecular complexity index is 1600. The summed E-state index contributed by atoms with van der Waals surface area (Å²) in [7, 11) is 0. The largest absolute Gasteiger partial charge is 0.478 e. The van der Waals surface area contributed by atoms with Crippen molar-refractivity contribution in [3.63, 3.8) is 0 Å². The summed E-state index contributed by atoms with van der Waals surface area (Å²) in [6.07, 6.45) is 5.18. The Morgan fingerprint density at radius 3 is 2.67 bits per heavy atom. The Hall–Kier alpha value is -2.72. The number of rotatable bonds is 7. The SMILES string of the molecule is O=C(O)c1cc(F)c2nc(N3C[C@H]4C[C@H](OCc5c(-c6c(Cl)cccc6Cl)noc5C5CC5)CC[C@H]4C3)sc2c1. The highest BCUT2D eigenvalue weighted by molar-refractivity contribution is 7.22. The summed E-state index contributed by atoms with van der Waals surface area (Å²) >= 11 is 14.4. The number of benzene rings is 2. The van der Waals surface area contributed by atoms with Crippen LogP contribution in [0.15, 0.2) is 34.9 Å². The van der Waals surface area contributed by atoms with Crippen LogP contribution < -0.4 is 4.90 Å². The van der Waals surface area contributed by atoms with Gasteiger partial charge >= 0.3 is 5.97 Å². The van der Waals surface area contributed by atoms with E-state index in [4.69, 9.17) is 32.5 Å². The second-order valence-corrected chi connectivity index (χ2v) is 12.8. The number of anilines is 1. The Kier molecular flexibility index (Phi) is 6.73. The first-order valence-electron chi connectivity index (χ1n) is 13.5. The van der Waals surface area contributed by atoms with Crippen LogP contribution in [0.4, 0.5) is 9.52 Å². The fourth-order valence-electron chi connectivity index (χ4n) is 6.18. The number of carbonyl (C=O) groups is 1. The molecule has 3 fully saturated rings. The van der Waals surface area contributed by atoms with Gasteiger partial charge in [0, 0.05) is 30.1 Å². The van der Waals surface area contributed by atoms with Crippen molar-refractivity contribution in [1.82, 2.24) is 10.1 Å². The van der Waals surface area contributed by atoms with Gasteiger partial charge in [-0.1, -0.05) is 45.8 Å². The molecule has 2 aromatic carbocycles. The van der Waals surface area contributed by atoms with Crippen molar-refractivity contribution in [2.24, 2.45) is 11.8 Å². The third-order valence-electron chi connectivity index (χ3n) is 8.39. The molecule has 3 atom stereocenters. The fraction of sp³-hybridized carbons (Fsp3) is 0.414. The normalized spacial score (nSPS) is 22.7. The van der Waals surface area contributed by atoms with Gasteiger partial charge < -0.3 is 19.3 Å². The van der Waals surface area contributed by atoms with Crippen LogP contribution in [-0.4, -0.2) is 40.4 Å². The number of carboxylic acid groups (broad SMARTS) is 1. The minimum atomic E-state index is -1.15. The van der Waals surface area contributed by atoms with Crippen LogP contribution in [0.3, 0.4) is 0 Å². The van der Waals surface area contributed by atoms with Crippen molar-refractivity contribution in [2.75, 3.05) is 18.0 Å². The van der Waals surface area contributed by atoms with Crippen LogP contribution in [0.25, 0.3) is 21.5 Å². The first-order valence-corrected chi connectivity index (χ1v) is 15.1. The highest BCUT2D eigenvalue weighted by Gasteiger charge is 2.40. The van der Waals surface area contributed by atoms with E-state index in [1.807, 2.05) is 6.07 Å². The zero-order valence-corrected chi connectivity index (χ0v) is 23.7. The molecule has 40 heavy (non-hydrogen) atoms. The van der Waals surface area contributed by atoms with Gasteiger partial charge in [-0.25, -0.2) is 14.2 Å². The number of aromatic carboxylic acids is 1. The van der Waals surface area contributed by atoms with Crippen LogP contribution in [-0.2, 0) is 11.3 Å². The molecule has 7 nitrogen and oxygen atoms in total. The summed E-state index contributed by atoms with van der Waals surface area (Å²) in [5, 5.41) is 15.5. The van der Waals surface area contributed by atoms with Gasteiger partial charge in [0.25, 0.3) is 0 Å². The molecule has 0 radical (unpaired) electrons. The smallest absolute Gasteiger partial charge is 0.335 e. The number of aromatic nitrogens is 2. The number of hydrogen-bond donors (Lipinski definition) is 1. The van der Waals surface area contributed by atoms with Crippen molar-refractivity contribution in [3.05, 3.63) is 63.1 Å². The Morgan fingerprint density at radius 1 is 1.15 bits per heavy atom. The predicted octanol–water partition coefficient (Wildman–Crippen LogP) is 7.79. The molecule has 2 saturated carbocycles. The lowest BCUT2D eigenvalue weighted by atomic mass is 9.80. The lowest BCUT2D eigenvalue weighted by Gasteiger charge is -2.30. The summed E-state index contributed by atoms with van der Waals surface area (Å²) in [5.41, 5.74) is 2.44. The molecule has 0 amide bonds. The monoisotopic (exact) mass is 601 g/mol. The van der Waals surface area contributed by atoms with E-state index in [2.05, 4.69) is 15.0 Å². The topological polar surface area (TPSA) is 88.7 Å². The fourth-order valence-corrected chi connectivity index (χ4v) is 7.79. The molecule has 1 aliphatic heterocycles. The molecule has 3 heterocycles. The molecule has 4 aromatic rings. The van der Waals surface area contributed by atoms with Crippen LogP contribution >= 0.6 is 34.5 Å². The van der Waals surface area contributed by atoms with Crippen LogP contribution in [0.1, 0.15) is 59.7 Å². The molecule has 2 aromatic heterocycles. The quantitative estimate of drug-likeness (QED) is 0.231. The summed E-state index contributed by atoms with van der Waals surface area (Å²) in [6, 6.07) is 7.95. The van der Waals surface area contributed by atoms with Crippen molar-refractivity contribution in [3.8, 4) is 11.3 Å². The van der Waals surface area contributed by atoms with Gasteiger partial charge in [-0.05, 0) is 68.2 Å². The number of thiazole rings is 1. The van der Waals surface area contributed by atoms with Gasteiger partial charge in [-0.3, -0.25) is 0 Å². The van der Waals surface area contributed by atoms with Crippen molar-refractivity contribution >= 4 is 55.9 Å². The lowest BCUT2D eigenvalue weighted by Crippen LogP contribution is -2.28. The van der Waals surface area contributed by atoms with Gasteiger partial charge in [0.2, 0.25) is 0 Å². The molecule has 2 aliphatic carbocycles. The second kappa shape index (κ2) is 10.3. The van der Waals surface area contributed by atoms with Gasteiger partial charge in [-0.15, -0.1) is 0 Å². The maximum atomic E-state index is 14.5. The van der Waals surface area contributed by atoms with E-state index in [0.717, 1.165) is 67.7 Å². The van der Waals surface area contributed by atoms with Crippen LogP contribution in [0.5, 0.6) is 0 Å².